The number of thiophene rings is 1. The van der Waals surface area contributed by atoms with Gasteiger partial charge in [-0.05, 0) is 15.9 Å². The van der Waals surface area contributed by atoms with Gasteiger partial charge in [-0.15, -0.1) is 11.3 Å². The van der Waals surface area contributed by atoms with Gasteiger partial charge >= 0.3 is 0 Å². The number of carbonyl (C=O) groups is 1. The average molecular weight is 344 g/mol. The minimum absolute atomic E-state index is 0.0330. The Morgan fingerprint density at radius 1 is 1.53 bits per heavy atom. The predicted octanol–water partition coefficient (Wildman–Crippen LogP) is 1.80. The highest BCUT2D eigenvalue weighted by Gasteiger charge is 2.24. The first-order chi connectivity index (χ1) is 9.15. The molecule has 1 aliphatic heterocycles. The number of amides is 1. The first-order valence-electron chi connectivity index (χ1n) is 5.87. The summed E-state index contributed by atoms with van der Waals surface area (Å²) in [5.41, 5.74) is 0. The van der Waals surface area contributed by atoms with Gasteiger partial charge in [0, 0.05) is 32.2 Å². The topological polar surface area (TPSA) is 56.6 Å². The fourth-order valence-electron chi connectivity index (χ4n) is 1.96. The van der Waals surface area contributed by atoms with Gasteiger partial charge < -0.3 is 9.64 Å². The van der Waals surface area contributed by atoms with Crippen molar-refractivity contribution in [3.8, 4) is 11.8 Å². The number of nitrogens with zero attached hydrogens (tertiary/aromatic N) is 3. The van der Waals surface area contributed by atoms with Crippen LogP contribution in [0.4, 0.5) is 0 Å². The molecule has 2 rings (SSSR count). The van der Waals surface area contributed by atoms with Crippen LogP contribution in [0.3, 0.4) is 0 Å². The summed E-state index contributed by atoms with van der Waals surface area (Å²) in [4.78, 5) is 16.9. The van der Waals surface area contributed by atoms with E-state index >= 15 is 0 Å². The van der Waals surface area contributed by atoms with Crippen molar-refractivity contribution in [1.82, 2.24) is 9.80 Å². The molecular formula is C12H14BrN3O2S. The molecule has 0 spiro atoms. The van der Waals surface area contributed by atoms with Crippen molar-refractivity contribution < 1.29 is 9.53 Å². The van der Waals surface area contributed by atoms with Crippen LogP contribution in [0.25, 0.3) is 0 Å². The van der Waals surface area contributed by atoms with Gasteiger partial charge in [0.1, 0.15) is 9.54 Å². The van der Waals surface area contributed by atoms with Crippen LogP contribution in [-0.4, -0.2) is 55.5 Å². The van der Waals surface area contributed by atoms with Gasteiger partial charge in [-0.2, -0.15) is 5.26 Å². The molecule has 1 aromatic rings. The number of hydrogen-bond acceptors (Lipinski definition) is 5. The lowest BCUT2D eigenvalue weighted by Crippen LogP contribution is -2.48. The summed E-state index contributed by atoms with van der Waals surface area (Å²) in [6.07, 6.45) is 0. The number of carbonyl (C=O) groups excluding carboxylic acids is 1. The molecule has 0 unspecified atom stereocenters. The lowest BCUT2D eigenvalue weighted by molar-refractivity contribution is 0.0656. The number of ether oxygens (including phenoxy) is 1. The number of piperazine rings is 1. The van der Waals surface area contributed by atoms with E-state index in [1.165, 1.54) is 11.3 Å². The van der Waals surface area contributed by atoms with Crippen LogP contribution in [0.15, 0.2) is 9.85 Å². The Balaban J connectivity index is 1.99. The van der Waals surface area contributed by atoms with Gasteiger partial charge in [0.05, 0.1) is 24.6 Å². The van der Waals surface area contributed by atoms with Crippen molar-refractivity contribution in [3.05, 3.63) is 14.7 Å². The molecule has 0 aliphatic carbocycles. The van der Waals surface area contributed by atoms with E-state index in [1.807, 2.05) is 4.90 Å². The summed E-state index contributed by atoms with van der Waals surface area (Å²) in [5, 5.41) is 8.64. The molecular weight excluding hydrogens is 330 g/mol. The van der Waals surface area contributed by atoms with Crippen molar-refractivity contribution in [3.63, 3.8) is 0 Å². The van der Waals surface area contributed by atoms with Gasteiger partial charge in [-0.3, -0.25) is 9.69 Å². The highest BCUT2D eigenvalue weighted by atomic mass is 79.9. The van der Waals surface area contributed by atoms with Crippen LogP contribution in [0, 0.1) is 11.3 Å². The molecule has 2 heterocycles. The first-order valence-corrected chi connectivity index (χ1v) is 7.48. The van der Waals surface area contributed by atoms with Gasteiger partial charge in [-0.25, -0.2) is 0 Å². The van der Waals surface area contributed by atoms with E-state index in [0.29, 0.717) is 30.3 Å². The third-order valence-corrected chi connectivity index (χ3v) is 4.81. The number of halogens is 1. The average Bonchev–Trinajstić information content (AvgIpc) is 2.80. The predicted molar refractivity (Wildman–Crippen MR) is 76.5 cm³/mol. The number of hydrogen-bond donors (Lipinski definition) is 0. The van der Waals surface area contributed by atoms with Crippen molar-refractivity contribution in [1.29, 1.82) is 5.26 Å². The molecule has 0 aromatic carbocycles. The summed E-state index contributed by atoms with van der Waals surface area (Å²) in [5.74, 6) is 0.724. The van der Waals surface area contributed by atoms with Gasteiger partial charge in [0.25, 0.3) is 5.91 Å². The van der Waals surface area contributed by atoms with E-state index in [9.17, 15) is 4.79 Å². The second-order valence-electron chi connectivity index (χ2n) is 4.18. The van der Waals surface area contributed by atoms with Crippen LogP contribution >= 0.6 is 27.3 Å². The highest BCUT2D eigenvalue weighted by molar-refractivity contribution is 9.11. The minimum Gasteiger partial charge on any atom is -0.495 e. The number of rotatable bonds is 3. The van der Waals surface area contributed by atoms with Crippen LogP contribution in [0.2, 0.25) is 0 Å². The quantitative estimate of drug-likeness (QED) is 0.785. The van der Waals surface area contributed by atoms with Gasteiger partial charge in [-0.1, -0.05) is 0 Å². The Bertz CT molecular complexity index is 504. The van der Waals surface area contributed by atoms with Crippen LogP contribution in [-0.2, 0) is 0 Å². The molecule has 1 aliphatic rings. The maximum atomic E-state index is 12.3. The Morgan fingerprint density at radius 2 is 2.21 bits per heavy atom. The zero-order valence-electron chi connectivity index (χ0n) is 10.6. The van der Waals surface area contributed by atoms with Crippen molar-refractivity contribution in [2.75, 3.05) is 39.8 Å². The molecule has 0 saturated carbocycles. The fraction of sp³-hybridized carbons (Fsp3) is 0.500. The summed E-state index contributed by atoms with van der Waals surface area (Å²) in [6.45, 7) is 3.27. The van der Waals surface area contributed by atoms with Gasteiger partial charge in [0.15, 0.2) is 0 Å². The van der Waals surface area contributed by atoms with Crippen LogP contribution in [0.5, 0.6) is 5.75 Å². The smallest absolute Gasteiger partial charge is 0.264 e. The lowest BCUT2D eigenvalue weighted by atomic mass is 10.3. The fourth-order valence-corrected chi connectivity index (χ4v) is 3.58. The Hall–Kier alpha value is -1.10. The standard InChI is InChI=1S/C12H14BrN3O2S/c1-18-9-8-10(19-11(9)13)12(17)16-6-4-15(3-2-14)5-7-16/h8H,3-7H2,1H3. The first kappa shape index (κ1) is 14.3. The number of methoxy groups -OCH3 is 1. The van der Waals surface area contributed by atoms with E-state index < -0.39 is 0 Å². The molecule has 1 fully saturated rings. The molecule has 7 heteroatoms. The lowest BCUT2D eigenvalue weighted by Gasteiger charge is -2.33. The van der Waals surface area contributed by atoms with E-state index in [2.05, 4.69) is 26.9 Å². The summed E-state index contributed by atoms with van der Waals surface area (Å²) in [6, 6.07) is 3.90. The summed E-state index contributed by atoms with van der Waals surface area (Å²) >= 11 is 4.76. The Morgan fingerprint density at radius 3 is 2.74 bits per heavy atom. The molecule has 0 radical (unpaired) electrons. The molecule has 5 nitrogen and oxygen atoms in total. The maximum absolute atomic E-state index is 12.3. The van der Waals surface area contributed by atoms with E-state index in [-0.39, 0.29) is 5.91 Å². The molecule has 0 atom stereocenters. The third kappa shape index (κ3) is 3.26. The molecule has 1 aromatic heterocycles. The highest BCUT2D eigenvalue weighted by Crippen LogP contribution is 2.34. The Labute approximate surface area is 124 Å². The van der Waals surface area contributed by atoms with Gasteiger partial charge in [0.2, 0.25) is 0 Å². The van der Waals surface area contributed by atoms with Crippen LogP contribution in [0.1, 0.15) is 9.67 Å². The second kappa shape index (κ2) is 6.37. The number of nitriles is 1. The molecule has 1 amide bonds. The molecule has 0 N–H and O–H groups in total. The van der Waals surface area contributed by atoms with E-state index in [4.69, 9.17) is 10.00 Å². The van der Waals surface area contributed by atoms with Crippen molar-refractivity contribution in [2.45, 2.75) is 0 Å². The summed E-state index contributed by atoms with van der Waals surface area (Å²) in [7, 11) is 1.59. The molecule has 102 valence electrons. The summed E-state index contributed by atoms with van der Waals surface area (Å²) < 4.78 is 6.00. The molecule has 1 saturated heterocycles. The van der Waals surface area contributed by atoms with E-state index in [0.717, 1.165) is 16.9 Å². The SMILES string of the molecule is COc1cc(C(=O)N2CCN(CC#N)CC2)sc1Br. The van der Waals surface area contributed by atoms with E-state index in [1.54, 1.807) is 13.2 Å². The third-order valence-electron chi connectivity index (χ3n) is 3.04. The minimum atomic E-state index is 0.0330. The van der Waals surface area contributed by atoms with Crippen LogP contribution < -0.4 is 4.74 Å². The zero-order valence-corrected chi connectivity index (χ0v) is 13.0. The molecule has 0 bridgehead atoms. The monoisotopic (exact) mass is 343 g/mol. The maximum Gasteiger partial charge on any atom is 0.264 e. The molecule has 19 heavy (non-hydrogen) atoms. The van der Waals surface area contributed by atoms with Crippen molar-refractivity contribution in [2.24, 2.45) is 0 Å². The second-order valence-corrected chi connectivity index (χ2v) is 6.55. The zero-order chi connectivity index (χ0) is 13.8. The largest absolute Gasteiger partial charge is 0.495 e. The Kier molecular flexibility index (Phi) is 4.80. The normalized spacial score (nSPS) is 16.2. The van der Waals surface area contributed by atoms with Crippen molar-refractivity contribution >= 4 is 33.2 Å².